The summed E-state index contributed by atoms with van der Waals surface area (Å²) in [6.07, 6.45) is 1.61. The smallest absolute Gasteiger partial charge is 0.210 e. The molecule has 2 heterocycles. The van der Waals surface area contributed by atoms with Gasteiger partial charge in [-0.3, -0.25) is 4.79 Å². The fraction of sp³-hybridized carbons (Fsp3) is 0.286. The number of nitrogens with one attached hydrogen (secondary N) is 1. The molecule has 0 saturated carbocycles. The number of imidazole rings is 1. The van der Waals surface area contributed by atoms with E-state index in [9.17, 15) is 4.79 Å². The average molecular weight is 276 g/mol. The first-order chi connectivity index (χ1) is 9.10. The first kappa shape index (κ1) is 12.2. The van der Waals surface area contributed by atoms with E-state index in [1.54, 1.807) is 4.90 Å². The maximum Gasteiger partial charge on any atom is 0.210 e. The summed E-state index contributed by atoms with van der Waals surface area (Å²) >= 11 is 6.10. The van der Waals surface area contributed by atoms with E-state index in [1.165, 1.54) is 0 Å². The van der Waals surface area contributed by atoms with E-state index in [4.69, 9.17) is 11.6 Å². The molecule has 5 heteroatoms. The molecule has 4 nitrogen and oxygen atoms in total. The molecule has 19 heavy (non-hydrogen) atoms. The van der Waals surface area contributed by atoms with E-state index in [0.717, 1.165) is 40.8 Å². The van der Waals surface area contributed by atoms with Crippen LogP contribution in [0.5, 0.6) is 0 Å². The van der Waals surface area contributed by atoms with Crippen molar-refractivity contribution in [3.8, 4) is 0 Å². The third kappa shape index (κ3) is 1.92. The Morgan fingerprint density at radius 3 is 3.11 bits per heavy atom. The molecule has 1 atom stereocenters. The second kappa shape index (κ2) is 4.38. The summed E-state index contributed by atoms with van der Waals surface area (Å²) < 4.78 is 0. The number of halogens is 1. The maximum atomic E-state index is 11.1. The number of aryl methyl sites for hydroxylation is 1. The minimum atomic E-state index is -0.0458. The molecule has 1 aliphatic rings. The summed E-state index contributed by atoms with van der Waals surface area (Å²) in [4.78, 5) is 20.7. The number of hydrogen-bond donors (Lipinski definition) is 1. The van der Waals surface area contributed by atoms with Crippen LogP contribution in [0.1, 0.15) is 23.9 Å². The molecule has 1 aromatic heterocycles. The fourth-order valence-corrected chi connectivity index (χ4v) is 2.71. The molecule has 1 aliphatic heterocycles. The predicted molar refractivity (Wildman–Crippen MR) is 75.1 cm³/mol. The number of nitrogens with zero attached hydrogens (tertiary/aromatic N) is 2. The number of benzene rings is 1. The van der Waals surface area contributed by atoms with Crippen LogP contribution in [0, 0.1) is 6.92 Å². The van der Waals surface area contributed by atoms with Crippen LogP contribution in [0.2, 0.25) is 5.02 Å². The Morgan fingerprint density at radius 1 is 1.58 bits per heavy atom. The van der Waals surface area contributed by atoms with Crippen LogP contribution in [-0.4, -0.2) is 27.8 Å². The van der Waals surface area contributed by atoms with E-state index < -0.39 is 0 Å². The third-order valence-electron chi connectivity index (χ3n) is 3.60. The monoisotopic (exact) mass is 275 g/mol. The maximum absolute atomic E-state index is 11.1. The van der Waals surface area contributed by atoms with Gasteiger partial charge in [0.05, 0.1) is 17.1 Å². The van der Waals surface area contributed by atoms with E-state index in [-0.39, 0.29) is 6.04 Å². The molecule has 1 N–H and O–H groups in total. The number of fused-ring (bicyclic) bond motifs is 1. The van der Waals surface area contributed by atoms with Gasteiger partial charge in [-0.2, -0.15) is 0 Å². The Kier molecular flexibility index (Phi) is 2.82. The van der Waals surface area contributed by atoms with Crippen molar-refractivity contribution < 1.29 is 4.79 Å². The number of likely N-dealkylation sites (tertiary alicyclic amines) is 1. The topological polar surface area (TPSA) is 49.0 Å². The lowest BCUT2D eigenvalue weighted by Crippen LogP contribution is -2.22. The highest BCUT2D eigenvalue weighted by Crippen LogP contribution is 2.33. The zero-order valence-electron chi connectivity index (χ0n) is 10.6. The van der Waals surface area contributed by atoms with Gasteiger partial charge in [0.2, 0.25) is 6.41 Å². The Hall–Kier alpha value is -1.81. The lowest BCUT2D eigenvalue weighted by Gasteiger charge is -2.16. The summed E-state index contributed by atoms with van der Waals surface area (Å²) in [6.45, 7) is 6.50. The molecule has 98 valence electrons. The van der Waals surface area contributed by atoms with Crippen molar-refractivity contribution in [1.82, 2.24) is 14.9 Å². The van der Waals surface area contributed by atoms with Crippen LogP contribution >= 0.6 is 11.6 Å². The zero-order valence-corrected chi connectivity index (χ0v) is 11.4. The number of carbonyl (C=O) groups excluding carboxylic acids is 1. The highest BCUT2D eigenvalue weighted by molar-refractivity contribution is 6.32. The summed E-state index contributed by atoms with van der Waals surface area (Å²) in [5, 5.41) is 0.702. The summed E-state index contributed by atoms with van der Waals surface area (Å²) in [6, 6.07) is 3.72. The van der Waals surface area contributed by atoms with Gasteiger partial charge >= 0.3 is 0 Å². The van der Waals surface area contributed by atoms with Crippen molar-refractivity contribution in [3.63, 3.8) is 0 Å². The fourth-order valence-electron chi connectivity index (χ4n) is 2.55. The highest BCUT2D eigenvalue weighted by Gasteiger charge is 2.29. The number of rotatable bonds is 2. The Balaban J connectivity index is 2.09. The number of hydrogen-bond acceptors (Lipinski definition) is 2. The normalized spacial score (nSPS) is 19.4. The molecule has 1 saturated heterocycles. The quantitative estimate of drug-likeness (QED) is 0.677. The Bertz CT molecular complexity index is 677. The van der Waals surface area contributed by atoms with Crippen LogP contribution in [0.15, 0.2) is 24.3 Å². The summed E-state index contributed by atoms with van der Waals surface area (Å²) in [7, 11) is 0. The molecule has 0 radical (unpaired) electrons. The second-order valence-corrected chi connectivity index (χ2v) is 5.35. The molecular formula is C14H14ClN3O. The van der Waals surface area contributed by atoms with Crippen LogP contribution < -0.4 is 0 Å². The number of amides is 1. The minimum Gasteiger partial charge on any atom is -0.340 e. The van der Waals surface area contributed by atoms with Gasteiger partial charge in [0, 0.05) is 11.6 Å². The molecule has 0 spiro atoms. The number of aromatic amines is 1. The molecule has 1 aromatic carbocycles. The van der Waals surface area contributed by atoms with Crippen LogP contribution in [0.25, 0.3) is 11.0 Å². The molecule has 0 aliphatic carbocycles. The first-order valence-corrected chi connectivity index (χ1v) is 6.50. The standard InChI is InChI=1S/C14H14ClN3O/c1-8-5-12(18(6-8)7-19)14-16-11-4-3-10(15)9(2)13(11)17-14/h3-4,7,12H,1,5-6H2,2H3,(H,16,17)/t12-/m0/s1. The van der Waals surface area contributed by atoms with E-state index in [2.05, 4.69) is 16.5 Å². The molecular weight excluding hydrogens is 262 g/mol. The van der Waals surface area contributed by atoms with Crippen molar-refractivity contribution in [2.24, 2.45) is 0 Å². The summed E-state index contributed by atoms with van der Waals surface area (Å²) in [5.74, 6) is 0.797. The van der Waals surface area contributed by atoms with Crippen molar-refractivity contribution in [2.45, 2.75) is 19.4 Å². The highest BCUT2D eigenvalue weighted by atomic mass is 35.5. The molecule has 1 amide bonds. The largest absolute Gasteiger partial charge is 0.340 e. The number of carbonyl (C=O) groups is 1. The van der Waals surface area contributed by atoms with Gasteiger partial charge in [-0.05, 0) is 31.0 Å². The van der Waals surface area contributed by atoms with Crippen LogP contribution in [0.4, 0.5) is 0 Å². The third-order valence-corrected chi connectivity index (χ3v) is 4.01. The minimum absolute atomic E-state index is 0.0458. The van der Waals surface area contributed by atoms with Gasteiger partial charge in [-0.1, -0.05) is 23.8 Å². The van der Waals surface area contributed by atoms with Crippen LogP contribution in [-0.2, 0) is 4.79 Å². The molecule has 0 unspecified atom stereocenters. The van der Waals surface area contributed by atoms with E-state index in [0.29, 0.717) is 11.6 Å². The molecule has 1 fully saturated rings. The SMILES string of the molecule is C=C1C[C@@H](c2nc3c(C)c(Cl)ccc3[nH]2)N(C=O)C1. The molecule has 3 rings (SSSR count). The van der Waals surface area contributed by atoms with Crippen molar-refractivity contribution in [3.05, 3.63) is 40.7 Å². The summed E-state index contributed by atoms with van der Waals surface area (Å²) in [5.41, 5.74) is 3.81. The van der Waals surface area contributed by atoms with Gasteiger partial charge < -0.3 is 9.88 Å². The van der Waals surface area contributed by atoms with Crippen molar-refractivity contribution in [2.75, 3.05) is 6.54 Å². The first-order valence-electron chi connectivity index (χ1n) is 6.12. The average Bonchev–Trinajstić information content (AvgIpc) is 2.97. The van der Waals surface area contributed by atoms with Gasteiger partial charge in [0.25, 0.3) is 0 Å². The van der Waals surface area contributed by atoms with Gasteiger partial charge in [-0.25, -0.2) is 4.98 Å². The van der Waals surface area contributed by atoms with Gasteiger partial charge in [-0.15, -0.1) is 0 Å². The Morgan fingerprint density at radius 2 is 2.37 bits per heavy atom. The van der Waals surface area contributed by atoms with E-state index in [1.807, 2.05) is 19.1 Å². The van der Waals surface area contributed by atoms with Gasteiger partial charge in [0.1, 0.15) is 5.82 Å². The lowest BCUT2D eigenvalue weighted by molar-refractivity contribution is -0.118. The predicted octanol–water partition coefficient (Wildman–Crippen LogP) is 2.98. The lowest BCUT2D eigenvalue weighted by atomic mass is 10.2. The molecule has 2 aromatic rings. The Labute approximate surface area is 116 Å². The molecule has 0 bridgehead atoms. The number of aromatic nitrogens is 2. The second-order valence-electron chi connectivity index (χ2n) is 4.94. The van der Waals surface area contributed by atoms with E-state index >= 15 is 0 Å². The van der Waals surface area contributed by atoms with Crippen LogP contribution in [0.3, 0.4) is 0 Å². The number of H-pyrrole nitrogens is 1. The van der Waals surface area contributed by atoms with Crippen molar-refractivity contribution >= 4 is 29.0 Å². The van der Waals surface area contributed by atoms with Gasteiger partial charge in [0.15, 0.2) is 0 Å². The van der Waals surface area contributed by atoms with Crippen molar-refractivity contribution in [1.29, 1.82) is 0 Å². The zero-order chi connectivity index (χ0) is 13.6.